The second-order valence-electron chi connectivity index (χ2n) is 8.14. The fourth-order valence-electron chi connectivity index (χ4n) is 3.40. The topological polar surface area (TPSA) is 106 Å². The number of carbonyl (C=O) groups excluding carboxylic acids is 3. The molecule has 0 heterocycles. The normalized spacial score (nSPS) is 11.3. The summed E-state index contributed by atoms with van der Waals surface area (Å²) < 4.78 is 10.3. The Hall–Kier alpha value is -4.33. The van der Waals surface area contributed by atoms with E-state index < -0.39 is 11.9 Å². The zero-order valence-electron chi connectivity index (χ0n) is 20.1. The molecular weight excluding hydrogens is 446 g/mol. The number of ether oxygens (including phenoxy) is 2. The summed E-state index contributed by atoms with van der Waals surface area (Å²) in [7, 11) is 3.09. The van der Waals surface area contributed by atoms with Crippen molar-refractivity contribution in [3.8, 4) is 11.5 Å². The van der Waals surface area contributed by atoms with Gasteiger partial charge in [-0.25, -0.2) is 0 Å². The second kappa shape index (κ2) is 11.7. The lowest BCUT2D eigenvalue weighted by Crippen LogP contribution is -2.47. The summed E-state index contributed by atoms with van der Waals surface area (Å²) in [6, 6.07) is 19.4. The van der Waals surface area contributed by atoms with Gasteiger partial charge in [0.05, 0.1) is 25.5 Å². The second-order valence-corrected chi connectivity index (χ2v) is 8.14. The fourth-order valence-corrected chi connectivity index (χ4v) is 3.40. The summed E-state index contributed by atoms with van der Waals surface area (Å²) in [5.74, 6) is -0.158. The lowest BCUT2D eigenvalue weighted by molar-refractivity contribution is -0.118. The molecule has 3 rings (SSSR count). The van der Waals surface area contributed by atoms with Crippen molar-refractivity contribution >= 4 is 29.1 Å². The van der Waals surface area contributed by atoms with Crippen molar-refractivity contribution in [2.45, 2.75) is 19.9 Å². The van der Waals surface area contributed by atoms with Crippen LogP contribution in [0.4, 0.5) is 11.4 Å². The zero-order valence-corrected chi connectivity index (χ0v) is 20.1. The van der Waals surface area contributed by atoms with Crippen LogP contribution in [-0.4, -0.2) is 38.0 Å². The first kappa shape index (κ1) is 25.3. The van der Waals surface area contributed by atoms with Crippen molar-refractivity contribution in [3.05, 3.63) is 83.9 Å². The Labute approximate surface area is 204 Å². The van der Waals surface area contributed by atoms with Crippen molar-refractivity contribution in [1.29, 1.82) is 0 Å². The molecular formula is C27H29N3O5. The molecule has 0 unspecified atom stereocenters. The standard InChI is InChI=1S/C27H29N3O5/c1-17(2)24(27(33)28-19-8-7-9-21(16-19)35-4)30-26(32)22-10-5-6-11-23(22)29-25(31)18-12-14-20(34-3)15-13-18/h5-17,24H,1-4H3,(H,28,33)(H,29,31)(H,30,32)/t24-/m1/s1. The van der Waals surface area contributed by atoms with Crippen LogP contribution >= 0.6 is 0 Å². The number of carbonyl (C=O) groups is 3. The molecule has 0 saturated carbocycles. The van der Waals surface area contributed by atoms with Crippen molar-refractivity contribution < 1.29 is 23.9 Å². The Kier molecular flexibility index (Phi) is 8.45. The number of para-hydroxylation sites is 1. The van der Waals surface area contributed by atoms with Gasteiger partial charge in [0.25, 0.3) is 11.8 Å². The van der Waals surface area contributed by atoms with E-state index in [-0.39, 0.29) is 23.3 Å². The van der Waals surface area contributed by atoms with Gasteiger partial charge in [-0.2, -0.15) is 0 Å². The number of benzene rings is 3. The van der Waals surface area contributed by atoms with Crippen molar-refractivity contribution in [2.75, 3.05) is 24.9 Å². The van der Waals surface area contributed by atoms with E-state index in [1.807, 2.05) is 13.8 Å². The lowest BCUT2D eigenvalue weighted by Gasteiger charge is -2.22. The summed E-state index contributed by atoms with van der Waals surface area (Å²) >= 11 is 0. The van der Waals surface area contributed by atoms with Gasteiger partial charge in [-0.05, 0) is 54.4 Å². The van der Waals surface area contributed by atoms with Gasteiger partial charge in [0, 0.05) is 17.3 Å². The van der Waals surface area contributed by atoms with Crippen molar-refractivity contribution in [3.63, 3.8) is 0 Å². The Balaban J connectivity index is 1.74. The largest absolute Gasteiger partial charge is 0.497 e. The first-order valence-corrected chi connectivity index (χ1v) is 11.1. The van der Waals surface area contributed by atoms with Gasteiger partial charge in [-0.3, -0.25) is 14.4 Å². The van der Waals surface area contributed by atoms with Crippen LogP contribution in [0.1, 0.15) is 34.6 Å². The SMILES string of the molecule is COc1ccc(C(=O)Nc2ccccc2C(=O)N[C@@H](C(=O)Nc2cccc(OC)c2)C(C)C)cc1. The number of hydrogen-bond acceptors (Lipinski definition) is 5. The summed E-state index contributed by atoms with van der Waals surface area (Å²) in [4.78, 5) is 38.9. The van der Waals surface area contributed by atoms with E-state index in [0.717, 1.165) is 0 Å². The zero-order chi connectivity index (χ0) is 25.4. The van der Waals surface area contributed by atoms with Crippen LogP contribution in [0, 0.1) is 5.92 Å². The van der Waals surface area contributed by atoms with Gasteiger partial charge >= 0.3 is 0 Å². The number of amides is 3. The Morgan fingerprint density at radius 3 is 2.09 bits per heavy atom. The molecule has 0 aliphatic heterocycles. The molecule has 182 valence electrons. The predicted octanol–water partition coefficient (Wildman–Crippen LogP) is 4.35. The van der Waals surface area contributed by atoms with Gasteiger partial charge < -0.3 is 25.4 Å². The van der Waals surface area contributed by atoms with Gasteiger partial charge in [-0.15, -0.1) is 0 Å². The molecule has 3 N–H and O–H groups in total. The molecule has 3 aromatic rings. The number of methoxy groups -OCH3 is 2. The number of rotatable bonds is 9. The maximum Gasteiger partial charge on any atom is 0.255 e. The van der Waals surface area contributed by atoms with Gasteiger partial charge in [0.1, 0.15) is 17.5 Å². The smallest absolute Gasteiger partial charge is 0.255 e. The molecule has 0 aromatic heterocycles. The van der Waals surface area contributed by atoms with Crippen LogP contribution in [0.15, 0.2) is 72.8 Å². The van der Waals surface area contributed by atoms with E-state index in [0.29, 0.717) is 28.4 Å². The highest BCUT2D eigenvalue weighted by atomic mass is 16.5. The molecule has 3 aromatic carbocycles. The molecule has 0 spiro atoms. The van der Waals surface area contributed by atoms with Crippen molar-refractivity contribution in [1.82, 2.24) is 5.32 Å². The highest BCUT2D eigenvalue weighted by Crippen LogP contribution is 2.20. The average Bonchev–Trinajstić information content (AvgIpc) is 2.87. The van der Waals surface area contributed by atoms with E-state index in [1.165, 1.54) is 0 Å². The maximum absolute atomic E-state index is 13.2. The molecule has 0 radical (unpaired) electrons. The third-order valence-electron chi connectivity index (χ3n) is 5.35. The van der Waals surface area contributed by atoms with Crippen LogP contribution in [-0.2, 0) is 4.79 Å². The van der Waals surface area contributed by atoms with Crippen LogP contribution in [0.3, 0.4) is 0 Å². The molecule has 0 fully saturated rings. The van der Waals surface area contributed by atoms with Crippen LogP contribution < -0.4 is 25.4 Å². The monoisotopic (exact) mass is 475 g/mol. The predicted molar refractivity (Wildman–Crippen MR) is 135 cm³/mol. The summed E-state index contributed by atoms with van der Waals surface area (Å²) in [6.45, 7) is 3.68. The molecule has 0 aliphatic rings. The first-order valence-electron chi connectivity index (χ1n) is 11.1. The van der Waals surface area contributed by atoms with E-state index >= 15 is 0 Å². The van der Waals surface area contributed by atoms with Gasteiger partial charge in [0.2, 0.25) is 5.91 Å². The van der Waals surface area contributed by atoms with Gasteiger partial charge in [0.15, 0.2) is 0 Å². The summed E-state index contributed by atoms with van der Waals surface area (Å²) in [5.41, 5.74) is 1.55. The number of nitrogens with one attached hydrogen (secondary N) is 3. The van der Waals surface area contributed by atoms with Crippen LogP contribution in [0.25, 0.3) is 0 Å². The Morgan fingerprint density at radius 2 is 1.43 bits per heavy atom. The highest BCUT2D eigenvalue weighted by Gasteiger charge is 2.26. The minimum atomic E-state index is -0.806. The van der Waals surface area contributed by atoms with Crippen LogP contribution in [0.5, 0.6) is 11.5 Å². The molecule has 8 heteroatoms. The van der Waals surface area contributed by atoms with E-state index in [1.54, 1.807) is 87.0 Å². The molecule has 8 nitrogen and oxygen atoms in total. The van der Waals surface area contributed by atoms with Crippen LogP contribution in [0.2, 0.25) is 0 Å². The van der Waals surface area contributed by atoms with E-state index in [4.69, 9.17) is 9.47 Å². The lowest BCUT2D eigenvalue weighted by atomic mass is 10.0. The summed E-state index contributed by atoms with van der Waals surface area (Å²) in [6.07, 6.45) is 0. The molecule has 1 atom stereocenters. The molecule has 0 saturated heterocycles. The Morgan fingerprint density at radius 1 is 0.743 bits per heavy atom. The first-order chi connectivity index (χ1) is 16.8. The van der Waals surface area contributed by atoms with E-state index in [9.17, 15) is 14.4 Å². The quantitative estimate of drug-likeness (QED) is 0.427. The minimum Gasteiger partial charge on any atom is -0.497 e. The number of hydrogen-bond donors (Lipinski definition) is 3. The molecule has 0 aliphatic carbocycles. The third kappa shape index (κ3) is 6.60. The molecule has 0 bridgehead atoms. The third-order valence-corrected chi connectivity index (χ3v) is 5.35. The highest BCUT2D eigenvalue weighted by molar-refractivity contribution is 6.10. The number of anilines is 2. The average molecular weight is 476 g/mol. The fraction of sp³-hybridized carbons (Fsp3) is 0.222. The van der Waals surface area contributed by atoms with E-state index in [2.05, 4.69) is 16.0 Å². The summed E-state index contributed by atoms with van der Waals surface area (Å²) in [5, 5.41) is 8.39. The Bertz CT molecular complexity index is 1190. The van der Waals surface area contributed by atoms with Crippen molar-refractivity contribution in [2.24, 2.45) is 5.92 Å². The molecule has 35 heavy (non-hydrogen) atoms. The molecule has 3 amide bonds. The maximum atomic E-state index is 13.2. The van der Waals surface area contributed by atoms with Gasteiger partial charge in [-0.1, -0.05) is 32.0 Å². The minimum absolute atomic E-state index is 0.189.